The normalized spacial score (nSPS) is 21.4. The molecule has 114 valence electrons. The molecule has 0 aromatic rings. The predicted molar refractivity (Wildman–Crippen MR) is 81.5 cm³/mol. The minimum Gasteiger partial charge on any atom is -0.481 e. The van der Waals surface area contributed by atoms with Crippen LogP contribution in [-0.4, -0.2) is 60.1 Å². The van der Waals surface area contributed by atoms with E-state index >= 15 is 0 Å². The van der Waals surface area contributed by atoms with Crippen LogP contribution in [0.5, 0.6) is 0 Å². The lowest BCUT2D eigenvalue weighted by Gasteiger charge is -2.37. The topological polar surface area (TPSA) is 43.8 Å². The molecule has 2 rings (SSSR count). The van der Waals surface area contributed by atoms with Gasteiger partial charge in [0.15, 0.2) is 0 Å². The van der Waals surface area contributed by atoms with Gasteiger partial charge >= 0.3 is 5.97 Å². The number of nitrogens with zero attached hydrogens (tertiary/aromatic N) is 2. The number of hydrogen-bond acceptors (Lipinski definition) is 3. The van der Waals surface area contributed by atoms with E-state index in [9.17, 15) is 4.79 Å². The van der Waals surface area contributed by atoms with Gasteiger partial charge in [-0.05, 0) is 32.6 Å². The second kappa shape index (κ2) is 7.67. The average Bonchev–Trinajstić information content (AvgIpc) is 3.04. The quantitative estimate of drug-likeness (QED) is 0.843. The number of carboxylic acids is 1. The number of rotatable bonds is 5. The first kappa shape index (κ1) is 19.0. The van der Waals surface area contributed by atoms with Crippen LogP contribution >= 0.6 is 24.8 Å². The molecule has 0 bridgehead atoms. The fourth-order valence-corrected chi connectivity index (χ4v) is 2.42. The highest BCUT2D eigenvalue weighted by atomic mass is 35.5. The van der Waals surface area contributed by atoms with Crippen molar-refractivity contribution >= 4 is 30.8 Å². The number of aliphatic carboxylic acids is 1. The minimum atomic E-state index is -0.696. The summed E-state index contributed by atoms with van der Waals surface area (Å²) in [7, 11) is 0. The summed E-state index contributed by atoms with van der Waals surface area (Å²) in [5.41, 5.74) is -0.626. The standard InChI is InChI=1S/C13H24N2O2.2ClH/c1-13(2,12(16)17)10-15-7-5-14(6-8-15)9-11-3-4-11;;/h11H,3-10H2,1-2H3,(H,16,17);2*1H. The van der Waals surface area contributed by atoms with E-state index in [0.717, 1.165) is 32.1 Å². The maximum atomic E-state index is 11.1. The van der Waals surface area contributed by atoms with Crippen molar-refractivity contribution in [2.24, 2.45) is 11.3 Å². The Morgan fingerprint density at radius 3 is 2.00 bits per heavy atom. The molecule has 2 aliphatic rings. The van der Waals surface area contributed by atoms with Crippen LogP contribution in [0.4, 0.5) is 0 Å². The molecule has 0 amide bonds. The summed E-state index contributed by atoms with van der Waals surface area (Å²) in [6, 6.07) is 0. The third-order valence-corrected chi connectivity index (χ3v) is 3.88. The molecule has 1 saturated heterocycles. The van der Waals surface area contributed by atoms with Crippen molar-refractivity contribution in [3.8, 4) is 0 Å². The summed E-state index contributed by atoms with van der Waals surface area (Å²) in [6.07, 6.45) is 2.82. The molecule has 1 N–H and O–H groups in total. The number of hydrogen-bond donors (Lipinski definition) is 1. The van der Waals surface area contributed by atoms with Gasteiger partial charge in [0.1, 0.15) is 0 Å². The Morgan fingerprint density at radius 2 is 1.58 bits per heavy atom. The highest BCUT2D eigenvalue weighted by molar-refractivity contribution is 5.85. The molecule has 0 atom stereocenters. The monoisotopic (exact) mass is 312 g/mol. The Labute approximate surface area is 128 Å². The van der Waals surface area contributed by atoms with Crippen LogP contribution in [0.2, 0.25) is 0 Å². The van der Waals surface area contributed by atoms with E-state index < -0.39 is 11.4 Å². The minimum absolute atomic E-state index is 0. The van der Waals surface area contributed by atoms with Gasteiger partial charge in [-0.2, -0.15) is 0 Å². The predicted octanol–water partition coefficient (Wildman–Crippen LogP) is 1.97. The summed E-state index contributed by atoms with van der Waals surface area (Å²) in [6.45, 7) is 9.79. The molecule has 1 aliphatic heterocycles. The van der Waals surface area contributed by atoms with Crippen LogP contribution in [0, 0.1) is 11.3 Å². The number of carboxylic acid groups (broad SMARTS) is 1. The Kier molecular flexibility index (Phi) is 7.66. The van der Waals surface area contributed by atoms with Gasteiger partial charge in [0, 0.05) is 39.3 Å². The van der Waals surface area contributed by atoms with E-state index in [1.165, 1.54) is 19.4 Å². The third-order valence-electron chi connectivity index (χ3n) is 3.88. The molecular weight excluding hydrogens is 287 g/mol. The molecular formula is C13H26Cl2N2O2. The maximum absolute atomic E-state index is 11.1. The second-order valence-electron chi connectivity index (χ2n) is 6.21. The van der Waals surface area contributed by atoms with Crippen LogP contribution in [0.3, 0.4) is 0 Å². The second-order valence-corrected chi connectivity index (χ2v) is 6.21. The van der Waals surface area contributed by atoms with Crippen molar-refractivity contribution in [3.05, 3.63) is 0 Å². The first-order valence-electron chi connectivity index (χ1n) is 6.65. The fourth-order valence-electron chi connectivity index (χ4n) is 2.42. The molecule has 1 heterocycles. The lowest BCUT2D eigenvalue weighted by molar-refractivity contribution is -0.148. The van der Waals surface area contributed by atoms with E-state index in [2.05, 4.69) is 9.80 Å². The molecule has 1 saturated carbocycles. The zero-order valence-electron chi connectivity index (χ0n) is 11.8. The molecule has 1 aliphatic carbocycles. The van der Waals surface area contributed by atoms with Crippen molar-refractivity contribution in [1.82, 2.24) is 9.80 Å². The van der Waals surface area contributed by atoms with Crippen LogP contribution in [-0.2, 0) is 4.79 Å². The number of piperazine rings is 1. The van der Waals surface area contributed by atoms with Gasteiger partial charge in [-0.3, -0.25) is 9.69 Å². The molecule has 4 nitrogen and oxygen atoms in total. The first-order valence-corrected chi connectivity index (χ1v) is 6.65. The Bertz CT molecular complexity index is 288. The summed E-state index contributed by atoms with van der Waals surface area (Å²) in [5.74, 6) is 0.259. The largest absolute Gasteiger partial charge is 0.481 e. The van der Waals surface area contributed by atoms with Gasteiger partial charge in [-0.15, -0.1) is 24.8 Å². The Morgan fingerprint density at radius 1 is 1.11 bits per heavy atom. The smallest absolute Gasteiger partial charge is 0.310 e. The van der Waals surface area contributed by atoms with Gasteiger partial charge in [0.2, 0.25) is 0 Å². The van der Waals surface area contributed by atoms with E-state index in [4.69, 9.17) is 5.11 Å². The van der Waals surface area contributed by atoms with Gasteiger partial charge < -0.3 is 10.0 Å². The zero-order chi connectivity index (χ0) is 12.5. The Hall–Kier alpha value is -0.0300. The number of halogens is 2. The van der Waals surface area contributed by atoms with E-state index in [0.29, 0.717) is 6.54 Å². The molecule has 19 heavy (non-hydrogen) atoms. The van der Waals surface area contributed by atoms with Gasteiger partial charge in [0.05, 0.1) is 5.41 Å². The lowest BCUT2D eigenvalue weighted by Crippen LogP contribution is -2.50. The molecule has 0 spiro atoms. The molecule has 0 unspecified atom stereocenters. The average molecular weight is 313 g/mol. The molecule has 0 radical (unpaired) electrons. The highest BCUT2D eigenvalue weighted by Crippen LogP contribution is 2.30. The van der Waals surface area contributed by atoms with Crippen LogP contribution in [0.25, 0.3) is 0 Å². The number of carbonyl (C=O) groups is 1. The third kappa shape index (κ3) is 5.86. The summed E-state index contributed by atoms with van der Waals surface area (Å²) in [5, 5.41) is 9.11. The van der Waals surface area contributed by atoms with Crippen molar-refractivity contribution in [1.29, 1.82) is 0 Å². The van der Waals surface area contributed by atoms with Crippen LogP contribution in [0.15, 0.2) is 0 Å². The molecule has 6 heteroatoms. The first-order chi connectivity index (χ1) is 7.97. The van der Waals surface area contributed by atoms with E-state index in [-0.39, 0.29) is 24.8 Å². The van der Waals surface area contributed by atoms with E-state index in [1.54, 1.807) is 0 Å². The van der Waals surface area contributed by atoms with Gasteiger partial charge in [0.25, 0.3) is 0 Å². The molecule has 0 aromatic carbocycles. The summed E-state index contributed by atoms with van der Waals surface area (Å²) >= 11 is 0. The van der Waals surface area contributed by atoms with Crippen LogP contribution < -0.4 is 0 Å². The highest BCUT2D eigenvalue weighted by Gasteiger charge is 2.32. The maximum Gasteiger partial charge on any atom is 0.310 e. The van der Waals surface area contributed by atoms with Crippen molar-refractivity contribution in [3.63, 3.8) is 0 Å². The van der Waals surface area contributed by atoms with Crippen molar-refractivity contribution in [2.45, 2.75) is 26.7 Å². The lowest BCUT2D eigenvalue weighted by atomic mass is 9.93. The summed E-state index contributed by atoms with van der Waals surface area (Å²) < 4.78 is 0. The molecule has 2 fully saturated rings. The Balaban J connectivity index is 0.00000162. The van der Waals surface area contributed by atoms with Gasteiger partial charge in [-0.1, -0.05) is 0 Å². The van der Waals surface area contributed by atoms with Crippen molar-refractivity contribution in [2.75, 3.05) is 39.3 Å². The van der Waals surface area contributed by atoms with Crippen molar-refractivity contribution < 1.29 is 9.90 Å². The summed E-state index contributed by atoms with van der Waals surface area (Å²) in [4.78, 5) is 15.9. The van der Waals surface area contributed by atoms with E-state index in [1.807, 2.05) is 13.8 Å². The molecule has 0 aromatic heterocycles. The SMILES string of the molecule is CC(C)(CN1CCN(CC2CC2)CC1)C(=O)O.Cl.Cl. The fraction of sp³-hybridized carbons (Fsp3) is 0.923. The van der Waals surface area contributed by atoms with Gasteiger partial charge in [-0.25, -0.2) is 0 Å². The van der Waals surface area contributed by atoms with Crippen LogP contribution in [0.1, 0.15) is 26.7 Å². The zero-order valence-corrected chi connectivity index (χ0v) is 13.4.